The molecule has 1 amide bonds. The van der Waals surface area contributed by atoms with Crippen molar-refractivity contribution in [2.45, 2.75) is 25.6 Å². The molecule has 2 aromatic heterocycles. The molecule has 0 aliphatic heterocycles. The molecular formula is C24H18ClF4N3O2. The van der Waals surface area contributed by atoms with E-state index in [9.17, 15) is 22.4 Å². The molecule has 0 fully saturated rings. The lowest BCUT2D eigenvalue weighted by Crippen LogP contribution is -2.28. The van der Waals surface area contributed by atoms with E-state index < -0.39 is 29.5 Å². The van der Waals surface area contributed by atoms with Gasteiger partial charge in [0, 0.05) is 16.1 Å². The molecule has 1 atom stereocenters. The van der Waals surface area contributed by atoms with Gasteiger partial charge >= 0.3 is 6.18 Å². The first-order valence-electron chi connectivity index (χ1n) is 10.2. The number of benzene rings is 2. The molecule has 10 heteroatoms. The van der Waals surface area contributed by atoms with E-state index in [-0.39, 0.29) is 12.2 Å². The minimum Gasteiger partial charge on any atom is -0.472 e. The lowest BCUT2D eigenvalue weighted by molar-refractivity contribution is -0.141. The number of alkyl halides is 3. The molecule has 0 saturated carbocycles. The highest BCUT2D eigenvalue weighted by atomic mass is 35.5. The number of rotatable bonds is 6. The van der Waals surface area contributed by atoms with Crippen LogP contribution in [-0.2, 0) is 17.5 Å². The maximum absolute atomic E-state index is 14.6. The minimum absolute atomic E-state index is 0.108. The van der Waals surface area contributed by atoms with Crippen LogP contribution in [0.5, 0.6) is 0 Å². The predicted molar refractivity (Wildman–Crippen MR) is 118 cm³/mol. The Balaban J connectivity index is 1.53. The Bertz CT molecular complexity index is 1320. The Morgan fingerprint density at radius 3 is 2.62 bits per heavy atom. The largest absolute Gasteiger partial charge is 0.472 e. The number of hydrogen-bond donors (Lipinski definition) is 1. The number of carbonyl (C=O) groups is 1. The van der Waals surface area contributed by atoms with Crippen LogP contribution >= 0.6 is 11.6 Å². The summed E-state index contributed by atoms with van der Waals surface area (Å²) in [6.45, 7) is 1.35. The van der Waals surface area contributed by atoms with E-state index in [1.807, 2.05) is 0 Å². The predicted octanol–water partition coefficient (Wildman–Crippen LogP) is 6.36. The van der Waals surface area contributed by atoms with Crippen LogP contribution in [0.4, 0.5) is 17.6 Å². The van der Waals surface area contributed by atoms with Crippen LogP contribution < -0.4 is 5.32 Å². The third kappa shape index (κ3) is 4.99. The summed E-state index contributed by atoms with van der Waals surface area (Å²) >= 11 is 5.97. The molecule has 0 aliphatic carbocycles. The van der Waals surface area contributed by atoms with Gasteiger partial charge in [-0.15, -0.1) is 0 Å². The third-order valence-electron chi connectivity index (χ3n) is 5.29. The molecule has 5 nitrogen and oxygen atoms in total. The zero-order chi connectivity index (χ0) is 24.5. The standard InChI is InChI=1S/C24H18ClF4N3O2/c1-14(15-5-6-20(21(26)9-15)16-7-8-34-13-16)23(33)30-12-19-11-22(24(27,28)29)31-32(19)18-4-2-3-17(25)10-18/h2-11,13-14H,12H2,1H3,(H,30,33). The molecule has 2 aromatic carbocycles. The van der Waals surface area contributed by atoms with Crippen molar-refractivity contribution < 1.29 is 26.8 Å². The fourth-order valence-electron chi connectivity index (χ4n) is 3.45. The van der Waals surface area contributed by atoms with Gasteiger partial charge in [-0.05, 0) is 48.9 Å². The number of amides is 1. The summed E-state index contributed by atoms with van der Waals surface area (Å²) in [6, 6.07) is 13.1. The van der Waals surface area contributed by atoms with Crippen LogP contribution in [0.2, 0.25) is 5.02 Å². The summed E-state index contributed by atoms with van der Waals surface area (Å²) in [5, 5.41) is 6.58. The average molecular weight is 492 g/mol. The second kappa shape index (κ2) is 9.34. The van der Waals surface area contributed by atoms with Crippen LogP contribution in [0, 0.1) is 5.82 Å². The van der Waals surface area contributed by atoms with Crippen molar-refractivity contribution in [1.82, 2.24) is 15.1 Å². The lowest BCUT2D eigenvalue weighted by atomic mass is 9.97. The van der Waals surface area contributed by atoms with E-state index in [4.69, 9.17) is 16.0 Å². The van der Waals surface area contributed by atoms with Crippen LogP contribution in [0.15, 0.2) is 71.5 Å². The van der Waals surface area contributed by atoms with Crippen molar-refractivity contribution in [1.29, 1.82) is 0 Å². The number of carbonyl (C=O) groups excluding carboxylic acids is 1. The highest BCUT2D eigenvalue weighted by Crippen LogP contribution is 2.30. The van der Waals surface area contributed by atoms with Crippen LogP contribution in [0.25, 0.3) is 16.8 Å². The quantitative estimate of drug-likeness (QED) is 0.319. The number of halogens is 5. The van der Waals surface area contributed by atoms with Crippen molar-refractivity contribution in [2.75, 3.05) is 0 Å². The van der Waals surface area contributed by atoms with Crippen molar-refractivity contribution in [2.24, 2.45) is 0 Å². The normalized spacial score (nSPS) is 12.5. The minimum atomic E-state index is -4.66. The van der Waals surface area contributed by atoms with Gasteiger partial charge in [0.15, 0.2) is 5.69 Å². The molecule has 34 heavy (non-hydrogen) atoms. The van der Waals surface area contributed by atoms with E-state index in [2.05, 4.69) is 10.4 Å². The fraction of sp³-hybridized carbons (Fsp3) is 0.167. The van der Waals surface area contributed by atoms with Gasteiger partial charge in [0.1, 0.15) is 5.82 Å². The van der Waals surface area contributed by atoms with Gasteiger partial charge in [-0.3, -0.25) is 4.79 Å². The number of furan rings is 1. The van der Waals surface area contributed by atoms with Crippen molar-refractivity contribution in [3.05, 3.63) is 94.9 Å². The first-order valence-corrected chi connectivity index (χ1v) is 10.5. The Morgan fingerprint density at radius 1 is 1.18 bits per heavy atom. The second-order valence-corrected chi connectivity index (χ2v) is 8.04. The van der Waals surface area contributed by atoms with Gasteiger partial charge in [0.25, 0.3) is 0 Å². The zero-order valence-electron chi connectivity index (χ0n) is 17.7. The monoisotopic (exact) mass is 491 g/mol. The topological polar surface area (TPSA) is 60.1 Å². The number of aromatic nitrogens is 2. The maximum atomic E-state index is 14.6. The molecule has 0 aliphatic rings. The number of nitrogens with one attached hydrogen (secondary N) is 1. The molecule has 1 N–H and O–H groups in total. The van der Waals surface area contributed by atoms with Gasteiger partial charge < -0.3 is 9.73 Å². The molecule has 4 aromatic rings. The summed E-state index contributed by atoms with van der Waals surface area (Å²) in [5.74, 6) is -1.76. The molecule has 2 heterocycles. The maximum Gasteiger partial charge on any atom is 0.435 e. The zero-order valence-corrected chi connectivity index (χ0v) is 18.5. The Hall–Kier alpha value is -3.59. The lowest BCUT2D eigenvalue weighted by Gasteiger charge is -2.14. The molecule has 0 saturated heterocycles. The highest BCUT2D eigenvalue weighted by Gasteiger charge is 2.35. The summed E-state index contributed by atoms with van der Waals surface area (Å²) in [6.07, 6.45) is -1.83. The van der Waals surface area contributed by atoms with Gasteiger partial charge in [0.2, 0.25) is 5.91 Å². The molecule has 176 valence electrons. The molecule has 0 spiro atoms. The van der Waals surface area contributed by atoms with E-state index in [1.54, 1.807) is 43.3 Å². The van der Waals surface area contributed by atoms with Crippen molar-refractivity contribution in [3.63, 3.8) is 0 Å². The first-order chi connectivity index (χ1) is 16.1. The van der Waals surface area contributed by atoms with Crippen LogP contribution in [0.3, 0.4) is 0 Å². The Morgan fingerprint density at radius 2 is 1.97 bits per heavy atom. The molecular weight excluding hydrogens is 474 g/mol. The average Bonchev–Trinajstić information content (AvgIpc) is 3.47. The van der Waals surface area contributed by atoms with Crippen molar-refractivity contribution in [3.8, 4) is 16.8 Å². The molecule has 0 bridgehead atoms. The number of nitrogens with zero attached hydrogens (tertiary/aromatic N) is 2. The summed E-state index contributed by atoms with van der Waals surface area (Å²) in [5.41, 5.74) is 0.642. The summed E-state index contributed by atoms with van der Waals surface area (Å²) in [7, 11) is 0. The molecule has 1 unspecified atom stereocenters. The van der Waals surface area contributed by atoms with E-state index in [0.717, 1.165) is 10.7 Å². The van der Waals surface area contributed by atoms with Gasteiger partial charge in [0.05, 0.1) is 36.4 Å². The Kier molecular flexibility index (Phi) is 6.47. The van der Waals surface area contributed by atoms with E-state index in [1.165, 1.54) is 24.7 Å². The van der Waals surface area contributed by atoms with E-state index >= 15 is 0 Å². The third-order valence-corrected chi connectivity index (χ3v) is 5.52. The first kappa shape index (κ1) is 23.6. The van der Waals surface area contributed by atoms with Crippen LogP contribution in [0.1, 0.15) is 29.8 Å². The molecule has 0 radical (unpaired) electrons. The fourth-order valence-corrected chi connectivity index (χ4v) is 3.63. The van der Waals surface area contributed by atoms with Gasteiger partial charge in [-0.25, -0.2) is 9.07 Å². The van der Waals surface area contributed by atoms with Crippen molar-refractivity contribution >= 4 is 17.5 Å². The second-order valence-electron chi connectivity index (χ2n) is 7.60. The Labute approximate surface area is 197 Å². The van der Waals surface area contributed by atoms with Gasteiger partial charge in [-0.1, -0.05) is 29.8 Å². The number of hydrogen-bond acceptors (Lipinski definition) is 3. The SMILES string of the molecule is CC(C(=O)NCc1cc(C(F)(F)F)nn1-c1cccc(Cl)c1)c1ccc(-c2ccoc2)c(F)c1. The highest BCUT2D eigenvalue weighted by molar-refractivity contribution is 6.30. The summed E-state index contributed by atoms with van der Waals surface area (Å²) in [4.78, 5) is 12.7. The van der Waals surface area contributed by atoms with E-state index in [0.29, 0.717) is 27.4 Å². The summed E-state index contributed by atoms with van der Waals surface area (Å²) < 4.78 is 60.4. The molecule has 4 rings (SSSR count). The smallest absolute Gasteiger partial charge is 0.435 e. The van der Waals surface area contributed by atoms with Crippen LogP contribution in [-0.4, -0.2) is 15.7 Å². The van der Waals surface area contributed by atoms with Gasteiger partial charge in [-0.2, -0.15) is 18.3 Å².